The largest absolute Gasteiger partial charge is 0.437 e. The van der Waals surface area contributed by atoms with E-state index >= 15 is 0 Å². The molecule has 19 heavy (non-hydrogen) atoms. The van der Waals surface area contributed by atoms with Gasteiger partial charge in [-0.1, -0.05) is 40.9 Å². The Morgan fingerprint density at radius 1 is 1.05 bits per heavy atom. The lowest BCUT2D eigenvalue weighted by Crippen LogP contribution is -2.02. The molecule has 0 spiro atoms. The molecule has 3 nitrogen and oxygen atoms in total. The zero-order chi connectivity index (χ0) is 13.8. The second-order valence-electron chi connectivity index (χ2n) is 3.84. The van der Waals surface area contributed by atoms with Crippen LogP contribution in [0.1, 0.15) is 5.56 Å². The molecule has 0 saturated carbocycles. The third-order valence-electron chi connectivity index (χ3n) is 2.42. The molecule has 0 amide bonds. The molecule has 100 valence electrons. The lowest BCUT2D eigenvalue weighted by atomic mass is 10.2. The Hall–Kier alpha value is -1.000. The van der Waals surface area contributed by atoms with Crippen molar-refractivity contribution in [1.29, 1.82) is 0 Å². The molecule has 2 aromatic rings. The number of ether oxygens (including phenoxy) is 1. The molecule has 1 aromatic carbocycles. The minimum Gasteiger partial charge on any atom is -0.437 e. The summed E-state index contributed by atoms with van der Waals surface area (Å²) in [5.41, 5.74) is 6.52. The standard InChI is InChI=1S/C13H11Cl3N2O/c14-9-5-11(16)12(6-10(9)15)19-13-2-1-8(3-4-17)7-18-13/h1-2,5-7H,3-4,17H2. The number of nitrogens with two attached hydrogens (primary N) is 1. The number of aromatic nitrogens is 1. The summed E-state index contributed by atoms with van der Waals surface area (Å²) in [5.74, 6) is 0.844. The molecule has 2 N–H and O–H groups in total. The monoisotopic (exact) mass is 316 g/mol. The van der Waals surface area contributed by atoms with Gasteiger partial charge in [0.2, 0.25) is 5.88 Å². The van der Waals surface area contributed by atoms with Crippen molar-refractivity contribution < 1.29 is 4.74 Å². The van der Waals surface area contributed by atoms with Crippen LogP contribution in [0.15, 0.2) is 30.5 Å². The summed E-state index contributed by atoms with van der Waals surface area (Å²) in [6.45, 7) is 0.584. The molecule has 0 atom stereocenters. The van der Waals surface area contributed by atoms with Gasteiger partial charge in [0, 0.05) is 18.3 Å². The zero-order valence-electron chi connectivity index (χ0n) is 9.87. The molecule has 0 aliphatic rings. The predicted molar refractivity (Wildman–Crippen MR) is 78.5 cm³/mol. The van der Waals surface area contributed by atoms with Crippen LogP contribution in [0.2, 0.25) is 15.1 Å². The first-order valence-electron chi connectivity index (χ1n) is 5.57. The van der Waals surface area contributed by atoms with Crippen molar-refractivity contribution in [2.45, 2.75) is 6.42 Å². The fraction of sp³-hybridized carbons (Fsp3) is 0.154. The van der Waals surface area contributed by atoms with Gasteiger partial charge in [0.15, 0.2) is 0 Å². The highest BCUT2D eigenvalue weighted by molar-refractivity contribution is 6.43. The third kappa shape index (κ3) is 3.74. The normalized spacial score (nSPS) is 10.5. The van der Waals surface area contributed by atoms with Gasteiger partial charge < -0.3 is 10.5 Å². The van der Waals surface area contributed by atoms with Crippen LogP contribution in [0.5, 0.6) is 11.6 Å². The van der Waals surface area contributed by atoms with Crippen molar-refractivity contribution in [2.75, 3.05) is 6.54 Å². The summed E-state index contributed by atoms with van der Waals surface area (Å²) < 4.78 is 5.56. The Morgan fingerprint density at radius 3 is 2.42 bits per heavy atom. The first-order valence-corrected chi connectivity index (χ1v) is 6.71. The van der Waals surface area contributed by atoms with Gasteiger partial charge in [-0.25, -0.2) is 4.98 Å². The summed E-state index contributed by atoms with van der Waals surface area (Å²) in [6.07, 6.45) is 2.49. The van der Waals surface area contributed by atoms with Crippen LogP contribution in [0.3, 0.4) is 0 Å². The highest BCUT2D eigenvalue weighted by Gasteiger charge is 2.08. The highest BCUT2D eigenvalue weighted by atomic mass is 35.5. The number of rotatable bonds is 4. The summed E-state index contributed by atoms with van der Waals surface area (Å²) in [4.78, 5) is 4.17. The van der Waals surface area contributed by atoms with E-state index in [1.54, 1.807) is 18.3 Å². The topological polar surface area (TPSA) is 48.1 Å². The van der Waals surface area contributed by atoms with Crippen molar-refractivity contribution in [3.63, 3.8) is 0 Å². The number of halogens is 3. The Bertz CT molecular complexity index is 573. The summed E-state index contributed by atoms with van der Waals surface area (Å²) in [6, 6.07) is 6.75. The van der Waals surface area contributed by atoms with Gasteiger partial charge in [-0.3, -0.25) is 0 Å². The van der Waals surface area contributed by atoms with E-state index in [4.69, 9.17) is 45.3 Å². The van der Waals surface area contributed by atoms with Crippen LogP contribution >= 0.6 is 34.8 Å². The number of pyridine rings is 1. The molecule has 0 aliphatic carbocycles. The maximum Gasteiger partial charge on any atom is 0.219 e. The first-order chi connectivity index (χ1) is 9.10. The van der Waals surface area contributed by atoms with E-state index in [2.05, 4.69) is 4.98 Å². The summed E-state index contributed by atoms with van der Waals surface area (Å²) in [5, 5.41) is 1.13. The van der Waals surface area contributed by atoms with Crippen LogP contribution in [0.4, 0.5) is 0 Å². The minimum atomic E-state index is 0.376. The maximum absolute atomic E-state index is 6.02. The molecule has 2 rings (SSSR count). The Labute approximate surface area is 126 Å². The van der Waals surface area contributed by atoms with Gasteiger partial charge in [-0.15, -0.1) is 0 Å². The molecule has 1 heterocycles. The van der Waals surface area contributed by atoms with Gasteiger partial charge in [-0.2, -0.15) is 0 Å². The predicted octanol–water partition coefficient (Wildman–Crippen LogP) is 4.34. The van der Waals surface area contributed by atoms with Crippen molar-refractivity contribution in [3.05, 3.63) is 51.1 Å². The lowest BCUT2D eigenvalue weighted by molar-refractivity contribution is 0.463. The second kappa shape index (κ2) is 6.44. The number of nitrogens with zero attached hydrogens (tertiary/aromatic N) is 1. The van der Waals surface area contributed by atoms with Gasteiger partial charge in [0.05, 0.1) is 15.1 Å². The summed E-state index contributed by atoms with van der Waals surface area (Å²) >= 11 is 17.8. The average molecular weight is 318 g/mol. The van der Waals surface area contributed by atoms with Crippen molar-refractivity contribution >= 4 is 34.8 Å². The van der Waals surface area contributed by atoms with E-state index in [0.717, 1.165) is 12.0 Å². The van der Waals surface area contributed by atoms with E-state index in [1.807, 2.05) is 6.07 Å². The molecule has 0 bridgehead atoms. The number of benzene rings is 1. The van der Waals surface area contributed by atoms with Crippen LogP contribution in [-0.2, 0) is 6.42 Å². The van der Waals surface area contributed by atoms with Crippen molar-refractivity contribution in [1.82, 2.24) is 4.98 Å². The molecule has 1 aromatic heterocycles. The van der Waals surface area contributed by atoms with Gasteiger partial charge >= 0.3 is 0 Å². The van der Waals surface area contributed by atoms with E-state index in [9.17, 15) is 0 Å². The van der Waals surface area contributed by atoms with Gasteiger partial charge in [0.25, 0.3) is 0 Å². The van der Waals surface area contributed by atoms with Crippen LogP contribution in [-0.4, -0.2) is 11.5 Å². The Morgan fingerprint density at radius 2 is 1.79 bits per heavy atom. The SMILES string of the molecule is NCCc1ccc(Oc2cc(Cl)c(Cl)cc2Cl)nc1. The van der Waals surface area contributed by atoms with Crippen molar-refractivity contribution in [3.8, 4) is 11.6 Å². The molecule has 0 unspecified atom stereocenters. The number of hydrogen-bond acceptors (Lipinski definition) is 3. The first kappa shape index (κ1) is 14.4. The molecule has 0 saturated heterocycles. The van der Waals surface area contributed by atoms with Gasteiger partial charge in [0.1, 0.15) is 5.75 Å². The zero-order valence-corrected chi connectivity index (χ0v) is 12.1. The molecular weight excluding hydrogens is 307 g/mol. The third-order valence-corrected chi connectivity index (χ3v) is 3.44. The molecule has 6 heteroatoms. The molecular formula is C13H11Cl3N2O. The molecule has 0 fully saturated rings. The average Bonchev–Trinajstić information content (AvgIpc) is 2.38. The smallest absolute Gasteiger partial charge is 0.219 e. The van der Waals surface area contributed by atoms with E-state index in [1.165, 1.54) is 6.07 Å². The number of hydrogen-bond donors (Lipinski definition) is 1. The summed E-state index contributed by atoms with van der Waals surface area (Å²) in [7, 11) is 0. The van der Waals surface area contributed by atoms with E-state index in [0.29, 0.717) is 33.2 Å². The maximum atomic E-state index is 6.02. The molecule has 0 radical (unpaired) electrons. The highest BCUT2D eigenvalue weighted by Crippen LogP contribution is 2.35. The Balaban J connectivity index is 2.19. The second-order valence-corrected chi connectivity index (χ2v) is 5.06. The van der Waals surface area contributed by atoms with Crippen LogP contribution in [0, 0.1) is 0 Å². The van der Waals surface area contributed by atoms with Crippen LogP contribution < -0.4 is 10.5 Å². The van der Waals surface area contributed by atoms with Gasteiger partial charge in [-0.05, 0) is 24.6 Å². The quantitative estimate of drug-likeness (QED) is 0.854. The van der Waals surface area contributed by atoms with Crippen LogP contribution in [0.25, 0.3) is 0 Å². The van der Waals surface area contributed by atoms with E-state index in [-0.39, 0.29) is 0 Å². The molecule has 0 aliphatic heterocycles. The van der Waals surface area contributed by atoms with E-state index < -0.39 is 0 Å². The fourth-order valence-corrected chi connectivity index (χ4v) is 2.06. The van der Waals surface area contributed by atoms with Crippen molar-refractivity contribution in [2.24, 2.45) is 5.73 Å². The Kier molecular flexibility index (Phi) is 4.88. The minimum absolute atomic E-state index is 0.376. The lowest BCUT2D eigenvalue weighted by Gasteiger charge is -2.08. The fourth-order valence-electron chi connectivity index (χ4n) is 1.48.